The van der Waals surface area contributed by atoms with Crippen molar-refractivity contribution < 1.29 is 18.7 Å². The average Bonchev–Trinajstić information content (AvgIpc) is 3.29. The smallest absolute Gasteiger partial charge is 0.286 e. The highest BCUT2D eigenvalue weighted by Crippen LogP contribution is 2.24. The van der Waals surface area contributed by atoms with Gasteiger partial charge in [0.15, 0.2) is 5.76 Å². The Balaban J connectivity index is 1.63. The van der Waals surface area contributed by atoms with Crippen LogP contribution in [0.3, 0.4) is 0 Å². The minimum Gasteiger partial charge on any atom is -0.494 e. The van der Waals surface area contributed by atoms with Crippen LogP contribution in [0.4, 0.5) is 0 Å². The van der Waals surface area contributed by atoms with E-state index in [1.54, 1.807) is 12.1 Å². The van der Waals surface area contributed by atoms with Crippen LogP contribution in [0.25, 0.3) is 0 Å². The molecule has 0 aliphatic carbocycles. The number of hydrogen-bond acceptors (Lipinski definition) is 4. The predicted octanol–water partition coefficient (Wildman–Crippen LogP) is 3.70. The van der Waals surface area contributed by atoms with Gasteiger partial charge in [-0.1, -0.05) is 42.5 Å². The zero-order chi connectivity index (χ0) is 20.5. The monoisotopic (exact) mass is 392 g/mol. The van der Waals surface area contributed by atoms with E-state index in [4.69, 9.17) is 9.15 Å². The molecule has 6 heteroatoms. The van der Waals surface area contributed by atoms with E-state index in [1.807, 2.05) is 61.5 Å². The maximum absolute atomic E-state index is 12.5. The normalized spacial score (nSPS) is 11.5. The van der Waals surface area contributed by atoms with Gasteiger partial charge in [0, 0.05) is 13.0 Å². The quantitative estimate of drug-likeness (QED) is 0.582. The summed E-state index contributed by atoms with van der Waals surface area (Å²) in [5, 5.41) is 5.74. The maximum Gasteiger partial charge on any atom is 0.286 e. The van der Waals surface area contributed by atoms with Gasteiger partial charge in [-0.3, -0.25) is 9.59 Å². The van der Waals surface area contributed by atoms with Gasteiger partial charge in [-0.15, -0.1) is 0 Å². The van der Waals surface area contributed by atoms with Crippen LogP contribution >= 0.6 is 0 Å². The lowest BCUT2D eigenvalue weighted by atomic mass is 9.98. The molecule has 0 radical (unpaired) electrons. The number of rotatable bonds is 9. The number of carbonyl (C=O) groups excluding carboxylic acids is 2. The Morgan fingerprint density at radius 3 is 2.34 bits per heavy atom. The zero-order valence-corrected chi connectivity index (χ0v) is 16.3. The summed E-state index contributed by atoms with van der Waals surface area (Å²) >= 11 is 0. The van der Waals surface area contributed by atoms with Crippen molar-refractivity contribution in [2.24, 2.45) is 0 Å². The molecule has 2 N–H and O–H groups in total. The number of amides is 2. The van der Waals surface area contributed by atoms with Crippen LogP contribution in [0.2, 0.25) is 0 Å². The van der Waals surface area contributed by atoms with E-state index in [2.05, 4.69) is 10.6 Å². The van der Waals surface area contributed by atoms with Crippen LogP contribution in [0, 0.1) is 0 Å². The average molecular weight is 392 g/mol. The van der Waals surface area contributed by atoms with Crippen LogP contribution < -0.4 is 15.4 Å². The summed E-state index contributed by atoms with van der Waals surface area (Å²) in [4.78, 5) is 24.4. The Morgan fingerprint density at radius 1 is 0.966 bits per heavy atom. The Bertz CT molecular complexity index is 906. The molecule has 150 valence electrons. The van der Waals surface area contributed by atoms with E-state index < -0.39 is 0 Å². The summed E-state index contributed by atoms with van der Waals surface area (Å²) < 4.78 is 10.5. The molecule has 3 aromatic rings. The van der Waals surface area contributed by atoms with Gasteiger partial charge >= 0.3 is 0 Å². The number of nitrogens with one attached hydrogen (secondary N) is 2. The lowest BCUT2D eigenvalue weighted by Crippen LogP contribution is -2.33. The molecule has 2 aromatic carbocycles. The molecule has 0 bridgehead atoms. The number of benzene rings is 2. The number of carbonyl (C=O) groups is 2. The van der Waals surface area contributed by atoms with Gasteiger partial charge in [0.25, 0.3) is 5.91 Å². The summed E-state index contributed by atoms with van der Waals surface area (Å²) in [6.45, 7) is 2.75. The molecule has 0 fully saturated rings. The van der Waals surface area contributed by atoms with Crippen LogP contribution in [0.5, 0.6) is 5.75 Å². The van der Waals surface area contributed by atoms with Crippen LogP contribution in [-0.2, 0) is 4.79 Å². The largest absolute Gasteiger partial charge is 0.494 e. The first kappa shape index (κ1) is 20.2. The number of ether oxygens (including phenoxy) is 1. The van der Waals surface area contributed by atoms with Gasteiger partial charge in [0.05, 0.1) is 18.9 Å². The number of furan rings is 1. The van der Waals surface area contributed by atoms with Gasteiger partial charge in [-0.05, 0) is 42.3 Å². The molecule has 1 atom stereocenters. The van der Waals surface area contributed by atoms with Gasteiger partial charge in [-0.25, -0.2) is 0 Å². The zero-order valence-electron chi connectivity index (χ0n) is 16.3. The fraction of sp³-hybridized carbons (Fsp3) is 0.217. The Hall–Kier alpha value is -3.54. The molecule has 1 aromatic heterocycles. The second-order valence-corrected chi connectivity index (χ2v) is 6.40. The lowest BCUT2D eigenvalue weighted by Gasteiger charge is -2.20. The molecule has 6 nitrogen and oxygen atoms in total. The summed E-state index contributed by atoms with van der Waals surface area (Å²) in [6.07, 6.45) is 1.59. The van der Waals surface area contributed by atoms with Gasteiger partial charge in [0.2, 0.25) is 5.91 Å². The SMILES string of the molecule is CCOc1ccc(C(NC(=O)CCNC(=O)c2ccco2)c2ccccc2)cc1. The van der Waals surface area contributed by atoms with E-state index in [0.717, 1.165) is 16.9 Å². The van der Waals surface area contributed by atoms with Gasteiger partial charge in [-0.2, -0.15) is 0 Å². The van der Waals surface area contributed by atoms with Crippen molar-refractivity contribution in [1.82, 2.24) is 10.6 Å². The molecule has 0 aliphatic rings. The van der Waals surface area contributed by atoms with Gasteiger partial charge < -0.3 is 19.8 Å². The Morgan fingerprint density at radius 2 is 1.69 bits per heavy atom. The third kappa shape index (κ3) is 5.72. The second kappa shape index (κ2) is 10.1. The van der Waals surface area contributed by atoms with E-state index in [0.29, 0.717) is 6.61 Å². The first-order valence-corrected chi connectivity index (χ1v) is 9.56. The Kier molecular flexibility index (Phi) is 7.05. The van der Waals surface area contributed by atoms with Crippen molar-refractivity contribution in [2.75, 3.05) is 13.2 Å². The van der Waals surface area contributed by atoms with Crippen molar-refractivity contribution in [3.8, 4) is 5.75 Å². The predicted molar refractivity (Wildman–Crippen MR) is 110 cm³/mol. The van der Waals surface area contributed by atoms with Crippen molar-refractivity contribution in [3.63, 3.8) is 0 Å². The van der Waals surface area contributed by atoms with E-state index in [9.17, 15) is 9.59 Å². The third-order valence-corrected chi connectivity index (χ3v) is 4.35. The summed E-state index contributed by atoms with van der Waals surface area (Å²) in [5.74, 6) is 0.512. The lowest BCUT2D eigenvalue weighted by molar-refractivity contribution is -0.121. The first-order chi connectivity index (χ1) is 14.2. The maximum atomic E-state index is 12.5. The van der Waals surface area contributed by atoms with E-state index in [1.165, 1.54) is 6.26 Å². The van der Waals surface area contributed by atoms with E-state index in [-0.39, 0.29) is 36.6 Å². The van der Waals surface area contributed by atoms with Crippen molar-refractivity contribution in [3.05, 3.63) is 89.9 Å². The summed E-state index contributed by atoms with van der Waals surface area (Å²) in [5.41, 5.74) is 1.93. The highest BCUT2D eigenvalue weighted by atomic mass is 16.5. The number of hydrogen-bond donors (Lipinski definition) is 2. The molecule has 1 heterocycles. The molecule has 29 heavy (non-hydrogen) atoms. The molecule has 1 unspecified atom stereocenters. The molecule has 0 saturated heterocycles. The highest BCUT2D eigenvalue weighted by Gasteiger charge is 2.17. The topological polar surface area (TPSA) is 80.6 Å². The fourth-order valence-electron chi connectivity index (χ4n) is 2.95. The molecule has 0 saturated carbocycles. The van der Waals surface area contributed by atoms with E-state index >= 15 is 0 Å². The van der Waals surface area contributed by atoms with Crippen molar-refractivity contribution in [1.29, 1.82) is 0 Å². The van der Waals surface area contributed by atoms with Crippen molar-refractivity contribution in [2.45, 2.75) is 19.4 Å². The molecule has 3 rings (SSSR count). The fourth-order valence-corrected chi connectivity index (χ4v) is 2.95. The second-order valence-electron chi connectivity index (χ2n) is 6.40. The molecule has 0 spiro atoms. The minimum atomic E-state index is -0.339. The van der Waals surface area contributed by atoms with Gasteiger partial charge in [0.1, 0.15) is 5.75 Å². The van der Waals surface area contributed by atoms with Crippen LogP contribution in [0.1, 0.15) is 41.1 Å². The standard InChI is InChI=1S/C23H24N2O4/c1-2-28-19-12-10-18(11-13-19)22(17-7-4-3-5-8-17)25-21(26)14-15-24-23(27)20-9-6-16-29-20/h3-13,16,22H,2,14-15H2,1H3,(H,24,27)(H,25,26). The summed E-state index contributed by atoms with van der Waals surface area (Å²) in [7, 11) is 0. The minimum absolute atomic E-state index is 0.160. The van der Waals surface area contributed by atoms with Crippen LogP contribution in [-0.4, -0.2) is 25.0 Å². The Labute approximate surface area is 169 Å². The first-order valence-electron chi connectivity index (χ1n) is 9.56. The summed E-state index contributed by atoms with van der Waals surface area (Å²) in [6, 6.07) is 20.4. The molecule has 0 aliphatic heterocycles. The highest BCUT2D eigenvalue weighted by molar-refractivity contribution is 5.91. The molecular weight excluding hydrogens is 368 g/mol. The van der Waals surface area contributed by atoms with Crippen LogP contribution in [0.15, 0.2) is 77.4 Å². The van der Waals surface area contributed by atoms with Crippen molar-refractivity contribution >= 4 is 11.8 Å². The molecule has 2 amide bonds. The molecular formula is C23H24N2O4. The third-order valence-electron chi connectivity index (χ3n) is 4.35.